The van der Waals surface area contributed by atoms with E-state index in [1.54, 1.807) is 0 Å². The standard InChI is InChI=1S/C26H28N4O3/c31-25(28-22-11-4-5-12-22)24-23-17-30(32)18-27-26(23)33-14-13-29(24)16-19-7-6-10-21(15-19)20-8-2-1-3-9-20/h1-3,6-10,15,17-18,22,24H,4-5,11-14,16H2,(H,28,31). The van der Waals surface area contributed by atoms with Gasteiger partial charge < -0.3 is 15.3 Å². The van der Waals surface area contributed by atoms with Crippen LogP contribution in [0.5, 0.6) is 5.88 Å². The molecule has 2 aromatic carbocycles. The van der Waals surface area contributed by atoms with Gasteiger partial charge in [-0.1, -0.05) is 61.4 Å². The molecule has 5 rings (SSSR count). The van der Waals surface area contributed by atoms with Crippen molar-refractivity contribution in [2.45, 2.75) is 44.3 Å². The van der Waals surface area contributed by atoms with E-state index < -0.39 is 6.04 Å². The van der Waals surface area contributed by atoms with Crippen LogP contribution in [0, 0.1) is 5.21 Å². The molecule has 1 aliphatic carbocycles. The Morgan fingerprint density at radius 2 is 1.91 bits per heavy atom. The zero-order valence-corrected chi connectivity index (χ0v) is 18.5. The summed E-state index contributed by atoms with van der Waals surface area (Å²) in [7, 11) is 0. The van der Waals surface area contributed by atoms with E-state index in [1.807, 2.05) is 24.3 Å². The molecule has 2 heterocycles. The maximum atomic E-state index is 13.5. The van der Waals surface area contributed by atoms with E-state index in [0.717, 1.165) is 42.4 Å². The van der Waals surface area contributed by atoms with Gasteiger partial charge in [-0.15, -0.1) is 0 Å². The van der Waals surface area contributed by atoms with Crippen LogP contribution in [0.1, 0.15) is 42.9 Å². The third kappa shape index (κ3) is 4.83. The maximum absolute atomic E-state index is 13.5. The Balaban J connectivity index is 1.46. The predicted octanol–water partition coefficient (Wildman–Crippen LogP) is 3.38. The Kier molecular flexibility index (Phi) is 6.21. The van der Waals surface area contributed by atoms with Gasteiger partial charge in [-0.25, -0.2) is 4.73 Å². The Bertz CT molecular complexity index is 1120. The summed E-state index contributed by atoms with van der Waals surface area (Å²) in [4.78, 5) is 19.8. The number of benzene rings is 2. The predicted molar refractivity (Wildman–Crippen MR) is 124 cm³/mol. The average Bonchev–Trinajstić information content (AvgIpc) is 3.27. The highest BCUT2D eigenvalue weighted by Gasteiger charge is 2.37. The summed E-state index contributed by atoms with van der Waals surface area (Å²) >= 11 is 0. The summed E-state index contributed by atoms with van der Waals surface area (Å²) in [6, 6.07) is 18.1. The van der Waals surface area contributed by atoms with E-state index in [2.05, 4.69) is 45.5 Å². The highest BCUT2D eigenvalue weighted by Crippen LogP contribution is 2.32. The second-order valence-corrected chi connectivity index (χ2v) is 8.77. The molecule has 33 heavy (non-hydrogen) atoms. The lowest BCUT2D eigenvalue weighted by atomic mass is 10.0. The highest BCUT2D eigenvalue weighted by molar-refractivity contribution is 5.84. The zero-order valence-electron chi connectivity index (χ0n) is 18.5. The molecule has 1 saturated carbocycles. The van der Waals surface area contributed by atoms with Crippen LogP contribution in [-0.2, 0) is 11.3 Å². The van der Waals surface area contributed by atoms with Crippen LogP contribution in [0.15, 0.2) is 67.1 Å². The number of rotatable bonds is 5. The fourth-order valence-corrected chi connectivity index (χ4v) is 4.85. The lowest BCUT2D eigenvalue weighted by Gasteiger charge is -2.29. The molecule has 0 spiro atoms. The van der Waals surface area contributed by atoms with Gasteiger partial charge in [-0.05, 0) is 40.6 Å². The minimum absolute atomic E-state index is 0.0964. The molecule has 0 bridgehead atoms. The van der Waals surface area contributed by atoms with Crippen molar-refractivity contribution in [2.75, 3.05) is 13.2 Å². The quantitative estimate of drug-likeness (QED) is 0.482. The third-order valence-electron chi connectivity index (χ3n) is 6.45. The fraction of sp³-hybridized carbons (Fsp3) is 0.346. The maximum Gasteiger partial charge on any atom is 0.336 e. The molecule has 3 aromatic rings. The minimum Gasteiger partial charge on any atom is -0.711 e. The number of ether oxygens (including phenoxy) is 1. The van der Waals surface area contributed by atoms with Crippen molar-refractivity contribution in [2.24, 2.45) is 0 Å². The summed E-state index contributed by atoms with van der Waals surface area (Å²) < 4.78 is 6.47. The number of aromatic nitrogens is 2. The average molecular weight is 445 g/mol. The Labute approximate surface area is 193 Å². The SMILES string of the molecule is O=C(NC1CCCC1)C1c2c[n+]([O-])cnc2OCCN1Cc1cccc(-c2ccccc2)c1. The molecule has 1 N–H and O–H groups in total. The van der Waals surface area contributed by atoms with Crippen molar-refractivity contribution in [3.63, 3.8) is 0 Å². The van der Waals surface area contributed by atoms with Crippen molar-refractivity contribution in [1.82, 2.24) is 15.2 Å². The number of carbonyl (C=O) groups excluding carboxylic acids is 1. The van der Waals surface area contributed by atoms with Gasteiger partial charge in [0.2, 0.25) is 5.91 Å². The molecule has 1 aromatic heterocycles. The minimum atomic E-state index is -0.641. The van der Waals surface area contributed by atoms with E-state index in [-0.39, 0.29) is 11.9 Å². The van der Waals surface area contributed by atoms with Gasteiger partial charge in [0, 0.05) is 19.1 Å². The van der Waals surface area contributed by atoms with Gasteiger partial charge >= 0.3 is 5.88 Å². The first-order valence-electron chi connectivity index (χ1n) is 11.6. The molecule has 1 unspecified atom stereocenters. The van der Waals surface area contributed by atoms with Crippen molar-refractivity contribution in [3.05, 3.63) is 83.5 Å². The van der Waals surface area contributed by atoms with Gasteiger partial charge in [0.1, 0.15) is 24.4 Å². The van der Waals surface area contributed by atoms with Crippen LogP contribution in [0.3, 0.4) is 0 Å². The summed E-state index contributed by atoms with van der Waals surface area (Å²) in [6.07, 6.45) is 6.84. The molecular formula is C26H28N4O3. The number of fused-ring (bicyclic) bond motifs is 1. The molecule has 1 fully saturated rings. The van der Waals surface area contributed by atoms with Crippen LogP contribution in [0.4, 0.5) is 0 Å². The Hall–Kier alpha value is -3.45. The molecule has 1 amide bonds. The second kappa shape index (κ2) is 9.58. The Morgan fingerprint density at radius 1 is 1.12 bits per heavy atom. The van der Waals surface area contributed by atoms with E-state index in [9.17, 15) is 10.0 Å². The lowest BCUT2D eigenvalue weighted by Crippen LogP contribution is -2.44. The van der Waals surface area contributed by atoms with Gasteiger partial charge in [0.25, 0.3) is 6.33 Å². The van der Waals surface area contributed by atoms with E-state index >= 15 is 0 Å². The number of nitrogens with zero attached hydrogens (tertiary/aromatic N) is 3. The molecule has 0 radical (unpaired) electrons. The Morgan fingerprint density at radius 3 is 2.73 bits per heavy atom. The lowest BCUT2D eigenvalue weighted by molar-refractivity contribution is -0.609. The van der Waals surface area contributed by atoms with E-state index in [0.29, 0.717) is 35.9 Å². The first kappa shape index (κ1) is 21.4. The number of nitrogens with one attached hydrogen (secondary N) is 1. The largest absolute Gasteiger partial charge is 0.711 e. The van der Waals surface area contributed by atoms with Crippen LogP contribution in [0.2, 0.25) is 0 Å². The van der Waals surface area contributed by atoms with Crippen molar-refractivity contribution >= 4 is 5.91 Å². The molecule has 1 aliphatic heterocycles. The summed E-state index contributed by atoms with van der Waals surface area (Å²) in [6.45, 7) is 1.50. The normalized spacial score (nSPS) is 18.8. The van der Waals surface area contributed by atoms with Crippen LogP contribution < -0.4 is 14.8 Å². The molecule has 7 heteroatoms. The van der Waals surface area contributed by atoms with Gasteiger partial charge in [-0.3, -0.25) is 9.69 Å². The van der Waals surface area contributed by atoms with Gasteiger partial charge in [0.05, 0.1) is 0 Å². The van der Waals surface area contributed by atoms with E-state index in [4.69, 9.17) is 4.74 Å². The zero-order chi connectivity index (χ0) is 22.6. The first-order valence-corrected chi connectivity index (χ1v) is 11.6. The molecular weight excluding hydrogens is 416 g/mol. The molecule has 0 saturated heterocycles. The van der Waals surface area contributed by atoms with Gasteiger partial charge in [-0.2, -0.15) is 0 Å². The topological polar surface area (TPSA) is 81.4 Å². The first-order chi connectivity index (χ1) is 16.2. The highest BCUT2D eigenvalue weighted by atomic mass is 16.5. The smallest absolute Gasteiger partial charge is 0.336 e. The van der Waals surface area contributed by atoms with Gasteiger partial charge in [0.15, 0.2) is 0 Å². The summed E-state index contributed by atoms with van der Waals surface area (Å²) in [5, 5.41) is 15.3. The second-order valence-electron chi connectivity index (χ2n) is 8.77. The number of hydrogen-bond donors (Lipinski definition) is 1. The molecule has 2 aliphatic rings. The summed E-state index contributed by atoms with van der Waals surface area (Å²) in [5.41, 5.74) is 3.89. The van der Waals surface area contributed by atoms with Crippen LogP contribution in [0.25, 0.3) is 11.1 Å². The van der Waals surface area contributed by atoms with Crippen LogP contribution >= 0.6 is 0 Å². The van der Waals surface area contributed by atoms with Crippen molar-refractivity contribution in [3.8, 4) is 17.0 Å². The molecule has 1 atom stereocenters. The van der Waals surface area contributed by atoms with E-state index in [1.165, 1.54) is 12.5 Å². The number of amides is 1. The third-order valence-corrected chi connectivity index (χ3v) is 6.45. The van der Waals surface area contributed by atoms with Crippen molar-refractivity contribution < 1.29 is 14.3 Å². The molecule has 170 valence electrons. The fourth-order valence-electron chi connectivity index (χ4n) is 4.85. The molecule has 7 nitrogen and oxygen atoms in total. The van der Waals surface area contributed by atoms with Crippen LogP contribution in [-0.4, -0.2) is 35.0 Å². The monoisotopic (exact) mass is 444 g/mol. The van der Waals surface area contributed by atoms with Crippen molar-refractivity contribution in [1.29, 1.82) is 0 Å². The number of carbonyl (C=O) groups is 1. The number of hydrogen-bond acceptors (Lipinski definition) is 5. The summed E-state index contributed by atoms with van der Waals surface area (Å²) in [5.74, 6) is 0.259.